The predicted molar refractivity (Wildman–Crippen MR) is 100 cm³/mol. The summed E-state index contributed by atoms with van der Waals surface area (Å²) >= 11 is 1.56. The van der Waals surface area contributed by atoms with Gasteiger partial charge >= 0.3 is 0 Å². The Labute approximate surface area is 153 Å². The summed E-state index contributed by atoms with van der Waals surface area (Å²) in [5, 5.41) is 1.80. The van der Waals surface area contributed by atoms with E-state index in [0.29, 0.717) is 31.7 Å². The van der Waals surface area contributed by atoms with Crippen LogP contribution in [0.4, 0.5) is 0 Å². The Balaban J connectivity index is 1.75. The van der Waals surface area contributed by atoms with Crippen molar-refractivity contribution in [2.75, 3.05) is 31.6 Å². The van der Waals surface area contributed by atoms with Gasteiger partial charge in [-0.15, -0.1) is 11.8 Å². The molecule has 1 N–H and O–H groups in total. The highest BCUT2D eigenvalue weighted by Crippen LogP contribution is 2.20. The fourth-order valence-corrected chi connectivity index (χ4v) is 5.32. The number of piperidine rings is 1. The van der Waals surface area contributed by atoms with Crippen molar-refractivity contribution < 1.29 is 18.0 Å². The van der Waals surface area contributed by atoms with Gasteiger partial charge < -0.3 is 10.2 Å². The number of nitrogens with one attached hydrogen (secondary N) is 1. The lowest BCUT2D eigenvalue weighted by Gasteiger charge is -2.31. The molecule has 0 atom stereocenters. The van der Waals surface area contributed by atoms with E-state index in [1.54, 1.807) is 16.7 Å². The van der Waals surface area contributed by atoms with Crippen LogP contribution in [-0.4, -0.2) is 62.0 Å². The predicted octanol–water partition coefficient (Wildman–Crippen LogP) is 1.07. The van der Waals surface area contributed by atoms with Crippen molar-refractivity contribution in [1.29, 1.82) is 0 Å². The van der Waals surface area contributed by atoms with E-state index in [0.717, 1.165) is 5.75 Å². The Hall–Kier alpha value is -1.54. The molecule has 1 heterocycles. The summed E-state index contributed by atoms with van der Waals surface area (Å²) < 4.78 is 24.4. The van der Waals surface area contributed by atoms with Crippen molar-refractivity contribution in [3.05, 3.63) is 35.9 Å². The van der Waals surface area contributed by atoms with E-state index in [2.05, 4.69) is 5.32 Å². The third-order valence-electron chi connectivity index (χ3n) is 4.25. The number of nitrogens with zero attached hydrogens (tertiary/aromatic N) is 1. The van der Waals surface area contributed by atoms with E-state index in [9.17, 15) is 18.0 Å². The minimum Gasteiger partial charge on any atom is -0.358 e. The summed E-state index contributed by atoms with van der Waals surface area (Å²) in [4.78, 5) is 25.3. The van der Waals surface area contributed by atoms with Crippen LogP contribution in [0.15, 0.2) is 30.3 Å². The number of benzene rings is 1. The molecule has 6 nitrogen and oxygen atoms in total. The van der Waals surface area contributed by atoms with Crippen molar-refractivity contribution in [3.8, 4) is 0 Å². The summed E-state index contributed by atoms with van der Waals surface area (Å²) in [6.45, 7) is 0.866. The molecule has 1 saturated heterocycles. The monoisotopic (exact) mass is 384 g/mol. The molecule has 138 valence electrons. The SMILES string of the molecule is CNC(=O)CS(=O)(=O)C1CCN(C(=O)CSCc2ccccc2)CC1. The number of rotatable bonds is 7. The summed E-state index contributed by atoms with van der Waals surface area (Å²) in [7, 11) is -2.03. The van der Waals surface area contributed by atoms with Crippen LogP contribution in [0.5, 0.6) is 0 Å². The molecule has 2 amide bonds. The van der Waals surface area contributed by atoms with Gasteiger partial charge in [0, 0.05) is 25.9 Å². The van der Waals surface area contributed by atoms with Crippen molar-refractivity contribution in [1.82, 2.24) is 10.2 Å². The Morgan fingerprint density at radius 1 is 1.20 bits per heavy atom. The molecule has 0 bridgehead atoms. The third kappa shape index (κ3) is 6.04. The van der Waals surface area contributed by atoms with Gasteiger partial charge in [-0.1, -0.05) is 30.3 Å². The molecule has 0 unspecified atom stereocenters. The zero-order valence-electron chi connectivity index (χ0n) is 14.3. The maximum Gasteiger partial charge on any atom is 0.234 e. The Morgan fingerprint density at radius 3 is 2.44 bits per heavy atom. The summed E-state index contributed by atoms with van der Waals surface area (Å²) in [6, 6.07) is 9.96. The Kier molecular flexibility index (Phi) is 7.31. The lowest BCUT2D eigenvalue weighted by Crippen LogP contribution is -2.44. The largest absolute Gasteiger partial charge is 0.358 e. The van der Waals surface area contributed by atoms with Crippen molar-refractivity contribution in [2.45, 2.75) is 23.8 Å². The molecule has 1 aliphatic heterocycles. The lowest BCUT2D eigenvalue weighted by molar-refractivity contribution is -0.129. The molecule has 8 heteroatoms. The molecule has 1 aromatic carbocycles. The van der Waals surface area contributed by atoms with Crippen LogP contribution >= 0.6 is 11.8 Å². The molecular weight excluding hydrogens is 360 g/mol. The minimum absolute atomic E-state index is 0.0445. The third-order valence-corrected chi connectivity index (χ3v) is 7.39. The van der Waals surface area contributed by atoms with Crippen LogP contribution in [-0.2, 0) is 25.2 Å². The molecule has 0 aliphatic carbocycles. The number of likely N-dealkylation sites (tertiary alicyclic amines) is 1. The highest BCUT2D eigenvalue weighted by molar-refractivity contribution is 7.99. The van der Waals surface area contributed by atoms with Crippen molar-refractivity contribution in [2.24, 2.45) is 0 Å². The van der Waals surface area contributed by atoms with Crippen molar-refractivity contribution >= 4 is 33.4 Å². The maximum absolute atomic E-state index is 12.3. The molecule has 1 aliphatic rings. The first kappa shape index (κ1) is 19.8. The highest BCUT2D eigenvalue weighted by Gasteiger charge is 2.32. The van der Waals surface area contributed by atoms with Gasteiger partial charge in [-0.05, 0) is 18.4 Å². The number of thioether (sulfide) groups is 1. The van der Waals surface area contributed by atoms with Crippen LogP contribution in [0.1, 0.15) is 18.4 Å². The van der Waals surface area contributed by atoms with Gasteiger partial charge in [0.1, 0.15) is 5.75 Å². The fraction of sp³-hybridized carbons (Fsp3) is 0.529. The van der Waals surface area contributed by atoms with Gasteiger partial charge in [-0.3, -0.25) is 9.59 Å². The zero-order valence-corrected chi connectivity index (χ0v) is 15.9. The lowest BCUT2D eigenvalue weighted by atomic mass is 10.1. The van der Waals surface area contributed by atoms with E-state index >= 15 is 0 Å². The first-order valence-corrected chi connectivity index (χ1v) is 11.1. The molecule has 0 spiro atoms. The zero-order chi connectivity index (χ0) is 18.3. The maximum atomic E-state index is 12.3. The average Bonchev–Trinajstić information content (AvgIpc) is 2.62. The van der Waals surface area contributed by atoms with Gasteiger partial charge in [0.05, 0.1) is 11.0 Å². The summed E-state index contributed by atoms with van der Waals surface area (Å²) in [5.74, 6) is 0.252. The van der Waals surface area contributed by atoms with Crippen LogP contribution in [0, 0.1) is 0 Å². The second kappa shape index (κ2) is 9.24. The van der Waals surface area contributed by atoms with E-state index in [1.165, 1.54) is 12.6 Å². The number of hydrogen-bond donors (Lipinski definition) is 1. The van der Waals surface area contributed by atoms with Gasteiger partial charge in [0.15, 0.2) is 9.84 Å². The van der Waals surface area contributed by atoms with E-state index < -0.39 is 26.7 Å². The molecule has 25 heavy (non-hydrogen) atoms. The molecular formula is C17H24N2O4S2. The topological polar surface area (TPSA) is 83.6 Å². The van der Waals surface area contributed by atoms with E-state index in [-0.39, 0.29) is 5.91 Å². The van der Waals surface area contributed by atoms with Crippen LogP contribution < -0.4 is 5.32 Å². The Bertz CT molecular complexity index is 684. The first-order chi connectivity index (χ1) is 11.9. The minimum atomic E-state index is -3.45. The number of carbonyl (C=O) groups excluding carboxylic acids is 2. The van der Waals surface area contributed by atoms with Gasteiger partial charge in [0.25, 0.3) is 0 Å². The second-order valence-corrected chi connectivity index (χ2v) is 9.31. The van der Waals surface area contributed by atoms with Gasteiger partial charge in [-0.25, -0.2) is 8.42 Å². The second-order valence-electron chi connectivity index (χ2n) is 6.04. The number of hydrogen-bond acceptors (Lipinski definition) is 5. The fourth-order valence-electron chi connectivity index (χ4n) is 2.76. The van der Waals surface area contributed by atoms with Gasteiger partial charge in [-0.2, -0.15) is 0 Å². The average molecular weight is 385 g/mol. The van der Waals surface area contributed by atoms with E-state index in [4.69, 9.17) is 0 Å². The molecule has 0 saturated carbocycles. The molecule has 2 rings (SSSR count). The Morgan fingerprint density at radius 2 is 1.84 bits per heavy atom. The van der Waals surface area contributed by atoms with Crippen LogP contribution in [0.2, 0.25) is 0 Å². The number of amides is 2. The quantitative estimate of drug-likeness (QED) is 0.760. The van der Waals surface area contributed by atoms with Crippen LogP contribution in [0.25, 0.3) is 0 Å². The highest BCUT2D eigenvalue weighted by atomic mass is 32.2. The van der Waals surface area contributed by atoms with Crippen LogP contribution in [0.3, 0.4) is 0 Å². The standard InChI is InChI=1S/C17H24N2O4S2/c1-18-16(20)13-25(22,23)15-7-9-19(10-8-15)17(21)12-24-11-14-5-3-2-4-6-14/h2-6,15H,7-13H2,1H3,(H,18,20). The number of sulfone groups is 1. The molecule has 0 radical (unpaired) electrons. The summed E-state index contributed by atoms with van der Waals surface area (Å²) in [6.07, 6.45) is 0.794. The van der Waals surface area contributed by atoms with Crippen molar-refractivity contribution in [3.63, 3.8) is 0 Å². The number of carbonyl (C=O) groups is 2. The molecule has 1 aromatic rings. The molecule has 1 fully saturated rings. The summed E-state index contributed by atoms with van der Waals surface area (Å²) in [5.41, 5.74) is 1.18. The molecule has 0 aromatic heterocycles. The van der Waals surface area contributed by atoms with E-state index in [1.807, 2.05) is 30.3 Å². The van der Waals surface area contributed by atoms with Gasteiger partial charge in [0.2, 0.25) is 11.8 Å². The normalized spacial score (nSPS) is 15.8. The smallest absolute Gasteiger partial charge is 0.234 e. The first-order valence-electron chi connectivity index (χ1n) is 8.24.